The van der Waals surface area contributed by atoms with Crippen LogP contribution in [0.15, 0.2) is 18.2 Å². The maximum atomic E-state index is 10.3. The monoisotopic (exact) mass is 302 g/mol. The van der Waals surface area contributed by atoms with E-state index in [4.69, 9.17) is 14.2 Å². The van der Waals surface area contributed by atoms with Crippen molar-refractivity contribution >= 4 is 0 Å². The van der Waals surface area contributed by atoms with Gasteiger partial charge in [-0.25, -0.2) is 0 Å². The largest absolute Gasteiger partial charge is 0.504 e. The second kappa shape index (κ2) is 5.33. The molecule has 0 atom stereocenters. The van der Waals surface area contributed by atoms with E-state index in [9.17, 15) is 10.2 Å². The third-order valence-corrected chi connectivity index (χ3v) is 4.07. The fourth-order valence-electron chi connectivity index (χ4n) is 3.06. The molecule has 0 heterocycles. The minimum Gasteiger partial charge on any atom is -0.504 e. The number of aryl methyl sites for hydroxylation is 2. The number of rotatable bonds is 3. The van der Waals surface area contributed by atoms with Gasteiger partial charge in [0.05, 0.1) is 21.3 Å². The highest BCUT2D eigenvalue weighted by atomic mass is 16.5. The van der Waals surface area contributed by atoms with Crippen molar-refractivity contribution in [3.8, 4) is 39.9 Å². The fourth-order valence-corrected chi connectivity index (χ4v) is 3.06. The van der Waals surface area contributed by atoms with Crippen LogP contribution in [0.5, 0.6) is 28.7 Å². The first-order chi connectivity index (χ1) is 10.6. The van der Waals surface area contributed by atoms with Gasteiger partial charge in [0, 0.05) is 11.1 Å². The zero-order valence-electron chi connectivity index (χ0n) is 12.8. The number of hydrogen-bond donors (Lipinski definition) is 2. The van der Waals surface area contributed by atoms with Gasteiger partial charge in [0.2, 0.25) is 5.75 Å². The highest BCUT2D eigenvalue weighted by Gasteiger charge is 2.29. The zero-order chi connectivity index (χ0) is 15.9. The molecular weight excluding hydrogens is 284 g/mol. The van der Waals surface area contributed by atoms with E-state index in [1.54, 1.807) is 21.3 Å². The van der Waals surface area contributed by atoms with E-state index in [1.165, 1.54) is 6.07 Å². The summed E-state index contributed by atoms with van der Waals surface area (Å²) in [5.41, 5.74) is 3.30. The number of methoxy groups -OCH3 is 3. The normalized spacial score (nSPS) is 12.3. The van der Waals surface area contributed by atoms with Crippen molar-refractivity contribution in [3.05, 3.63) is 29.3 Å². The van der Waals surface area contributed by atoms with Crippen LogP contribution in [0.3, 0.4) is 0 Å². The molecule has 0 radical (unpaired) electrons. The van der Waals surface area contributed by atoms with Gasteiger partial charge >= 0.3 is 0 Å². The van der Waals surface area contributed by atoms with Crippen molar-refractivity contribution < 1.29 is 24.4 Å². The molecular formula is C17H18O5. The number of hydrogen-bond acceptors (Lipinski definition) is 5. The van der Waals surface area contributed by atoms with Crippen molar-refractivity contribution in [2.45, 2.75) is 12.8 Å². The number of benzene rings is 2. The molecule has 3 rings (SSSR count). The first kappa shape index (κ1) is 14.4. The van der Waals surface area contributed by atoms with Crippen LogP contribution in [-0.2, 0) is 12.8 Å². The summed E-state index contributed by atoms with van der Waals surface area (Å²) in [6, 6.07) is 5.22. The van der Waals surface area contributed by atoms with Crippen LogP contribution in [0.2, 0.25) is 0 Å². The quantitative estimate of drug-likeness (QED) is 0.853. The van der Waals surface area contributed by atoms with E-state index in [1.807, 2.05) is 12.1 Å². The summed E-state index contributed by atoms with van der Waals surface area (Å²) < 4.78 is 16.3. The predicted molar refractivity (Wildman–Crippen MR) is 82.3 cm³/mol. The number of phenolic OH excluding ortho intramolecular Hbond substituents is 2. The van der Waals surface area contributed by atoms with E-state index in [2.05, 4.69) is 0 Å². The number of aromatic hydroxyl groups is 2. The molecule has 0 fully saturated rings. The second-order valence-electron chi connectivity index (χ2n) is 5.15. The van der Waals surface area contributed by atoms with E-state index >= 15 is 0 Å². The molecule has 0 unspecified atom stereocenters. The molecule has 116 valence electrons. The van der Waals surface area contributed by atoms with Crippen LogP contribution >= 0.6 is 0 Å². The van der Waals surface area contributed by atoms with Gasteiger partial charge in [-0.15, -0.1) is 0 Å². The molecule has 2 N–H and O–H groups in total. The highest BCUT2D eigenvalue weighted by Crippen LogP contribution is 2.53. The molecule has 0 aromatic heterocycles. The van der Waals surface area contributed by atoms with Gasteiger partial charge in [0.1, 0.15) is 0 Å². The molecule has 0 saturated heterocycles. The van der Waals surface area contributed by atoms with Crippen LogP contribution in [0.4, 0.5) is 0 Å². The van der Waals surface area contributed by atoms with Crippen LogP contribution in [0, 0.1) is 0 Å². The lowest BCUT2D eigenvalue weighted by atomic mass is 9.83. The van der Waals surface area contributed by atoms with Crippen LogP contribution in [0.1, 0.15) is 11.1 Å². The van der Waals surface area contributed by atoms with E-state index < -0.39 is 0 Å². The lowest BCUT2D eigenvalue weighted by Gasteiger charge is -2.25. The molecule has 0 aliphatic heterocycles. The molecule has 0 bridgehead atoms. The Labute approximate surface area is 128 Å². The molecule has 1 aliphatic rings. The summed E-state index contributed by atoms with van der Waals surface area (Å²) in [5.74, 6) is 1.27. The van der Waals surface area contributed by atoms with Crippen molar-refractivity contribution in [2.75, 3.05) is 21.3 Å². The molecule has 22 heavy (non-hydrogen) atoms. The Hall–Kier alpha value is -2.56. The first-order valence-electron chi connectivity index (χ1n) is 6.98. The summed E-state index contributed by atoms with van der Waals surface area (Å²) in [6.45, 7) is 0. The standard InChI is InChI=1S/C17H18O5/c1-20-12-8-10-5-4-9-6-7-11(18)15(19)13(9)14(10)17(22-3)16(12)21-2/h6-8,18-19H,4-5H2,1-3H3. The van der Waals surface area contributed by atoms with Crippen LogP contribution < -0.4 is 14.2 Å². The molecule has 1 aliphatic carbocycles. The van der Waals surface area contributed by atoms with E-state index in [0.717, 1.165) is 29.5 Å². The fraction of sp³-hybridized carbons (Fsp3) is 0.294. The number of phenols is 2. The molecule has 0 spiro atoms. The molecule has 2 aromatic rings. The minimum absolute atomic E-state index is 0.135. The van der Waals surface area contributed by atoms with Gasteiger partial charge in [-0.1, -0.05) is 6.07 Å². The van der Waals surface area contributed by atoms with Gasteiger partial charge in [-0.2, -0.15) is 0 Å². The topological polar surface area (TPSA) is 68.2 Å². The Bertz CT molecular complexity index is 737. The average molecular weight is 302 g/mol. The summed E-state index contributed by atoms with van der Waals surface area (Å²) in [5, 5.41) is 20.2. The smallest absolute Gasteiger partial charge is 0.203 e. The summed E-state index contributed by atoms with van der Waals surface area (Å²) in [6.07, 6.45) is 1.57. The molecule has 0 amide bonds. The van der Waals surface area contributed by atoms with Gasteiger partial charge in [-0.3, -0.25) is 0 Å². The highest BCUT2D eigenvalue weighted by molar-refractivity contribution is 5.87. The van der Waals surface area contributed by atoms with E-state index in [-0.39, 0.29) is 11.5 Å². The first-order valence-corrected chi connectivity index (χ1v) is 6.98. The van der Waals surface area contributed by atoms with Crippen LogP contribution in [0.25, 0.3) is 11.1 Å². The lowest BCUT2D eigenvalue weighted by Crippen LogP contribution is -2.08. The second-order valence-corrected chi connectivity index (χ2v) is 5.15. The Morgan fingerprint density at radius 3 is 2.14 bits per heavy atom. The van der Waals surface area contributed by atoms with Gasteiger partial charge < -0.3 is 24.4 Å². The summed E-state index contributed by atoms with van der Waals surface area (Å²) >= 11 is 0. The zero-order valence-corrected chi connectivity index (χ0v) is 12.8. The molecule has 5 heteroatoms. The third kappa shape index (κ3) is 1.93. The van der Waals surface area contributed by atoms with E-state index in [0.29, 0.717) is 22.8 Å². The maximum absolute atomic E-state index is 10.3. The van der Waals surface area contributed by atoms with Gasteiger partial charge in [0.25, 0.3) is 0 Å². The van der Waals surface area contributed by atoms with Crippen molar-refractivity contribution in [2.24, 2.45) is 0 Å². The Balaban J connectivity index is 2.39. The Morgan fingerprint density at radius 1 is 0.818 bits per heavy atom. The Kier molecular flexibility index (Phi) is 3.48. The van der Waals surface area contributed by atoms with Crippen molar-refractivity contribution in [1.82, 2.24) is 0 Å². The van der Waals surface area contributed by atoms with Gasteiger partial charge in [-0.05, 0) is 36.1 Å². The molecule has 2 aromatic carbocycles. The SMILES string of the molecule is COc1cc2c(c(OC)c1OC)-c1c(ccc(O)c1O)CC2. The van der Waals surface area contributed by atoms with Gasteiger partial charge in [0.15, 0.2) is 23.0 Å². The van der Waals surface area contributed by atoms with Crippen molar-refractivity contribution in [1.29, 1.82) is 0 Å². The van der Waals surface area contributed by atoms with Crippen molar-refractivity contribution in [3.63, 3.8) is 0 Å². The lowest BCUT2D eigenvalue weighted by molar-refractivity contribution is 0.324. The Morgan fingerprint density at radius 2 is 1.50 bits per heavy atom. The third-order valence-electron chi connectivity index (χ3n) is 4.07. The predicted octanol–water partition coefficient (Wildman–Crippen LogP) is 2.89. The average Bonchev–Trinajstić information content (AvgIpc) is 2.55. The minimum atomic E-state index is -0.150. The van der Waals surface area contributed by atoms with Crippen LogP contribution in [-0.4, -0.2) is 31.5 Å². The summed E-state index contributed by atoms with van der Waals surface area (Å²) in [4.78, 5) is 0. The molecule has 0 saturated carbocycles. The maximum Gasteiger partial charge on any atom is 0.203 e. The number of fused-ring (bicyclic) bond motifs is 3. The summed E-state index contributed by atoms with van der Waals surface area (Å²) in [7, 11) is 4.66. The molecule has 5 nitrogen and oxygen atoms in total. The number of ether oxygens (including phenoxy) is 3.